The topological polar surface area (TPSA) is 112 Å². The maximum Gasteiger partial charge on any atom is 0.329 e. The van der Waals surface area contributed by atoms with Crippen molar-refractivity contribution in [1.29, 1.82) is 0 Å². The van der Waals surface area contributed by atoms with Crippen molar-refractivity contribution in [3.8, 4) is 17.0 Å². The fourth-order valence-electron chi connectivity index (χ4n) is 3.46. The minimum atomic E-state index is -0.0707. The molecule has 1 aliphatic rings. The molecule has 1 heterocycles. The average molecular weight is 407 g/mol. The lowest BCUT2D eigenvalue weighted by Crippen LogP contribution is -2.40. The van der Waals surface area contributed by atoms with Crippen LogP contribution in [0.3, 0.4) is 0 Å². The Bertz CT molecular complexity index is 841. The number of nitrogens with zero attached hydrogens (tertiary/aromatic N) is 4. The van der Waals surface area contributed by atoms with Crippen molar-refractivity contribution in [3.05, 3.63) is 30.7 Å². The first-order valence-corrected chi connectivity index (χ1v) is 9.09. The molecule has 152 valence electrons. The molecular weight excluding hydrogens is 380 g/mol. The lowest BCUT2D eigenvalue weighted by atomic mass is 9.95. The van der Waals surface area contributed by atoms with E-state index >= 15 is 0 Å². The maximum atomic E-state index is 12.8. The number of rotatable bonds is 4. The van der Waals surface area contributed by atoms with Gasteiger partial charge in [0.25, 0.3) is 0 Å². The highest BCUT2D eigenvalue weighted by atomic mass is 35.5. The van der Waals surface area contributed by atoms with Crippen LogP contribution in [0.4, 0.5) is 10.5 Å². The molecule has 0 unspecified atom stereocenters. The Kier molecular flexibility index (Phi) is 7.28. The standard InChI is InChI=1S/C19H26N6O2.ClH/c1-24(14-6-4-3-5-7-14)19(26)25-11-16(22-12-25)13-8-9-17(27-2)15(10-13)23-18(20)21;/h8-12,14H,3-7H2,1-2H3,(H4,20,21,23);1H. The fourth-order valence-corrected chi connectivity index (χ4v) is 3.46. The number of aromatic nitrogens is 2. The van der Waals surface area contributed by atoms with E-state index in [4.69, 9.17) is 16.2 Å². The van der Waals surface area contributed by atoms with Gasteiger partial charge in [-0.25, -0.2) is 14.8 Å². The molecule has 9 heteroatoms. The number of benzene rings is 1. The number of carbonyl (C=O) groups is 1. The van der Waals surface area contributed by atoms with Crippen LogP contribution in [-0.2, 0) is 0 Å². The van der Waals surface area contributed by atoms with E-state index in [0.717, 1.165) is 18.4 Å². The number of carbonyl (C=O) groups excluding carboxylic acids is 1. The Morgan fingerprint density at radius 2 is 2.00 bits per heavy atom. The van der Waals surface area contributed by atoms with E-state index in [1.165, 1.54) is 23.8 Å². The molecule has 1 aliphatic carbocycles. The third kappa shape index (κ3) is 4.75. The summed E-state index contributed by atoms with van der Waals surface area (Å²) in [5, 5.41) is 0. The molecule has 1 fully saturated rings. The number of imidazole rings is 1. The van der Waals surface area contributed by atoms with Gasteiger partial charge < -0.3 is 21.1 Å². The summed E-state index contributed by atoms with van der Waals surface area (Å²) in [6.45, 7) is 0. The Balaban J connectivity index is 0.00000280. The van der Waals surface area contributed by atoms with Crippen LogP contribution in [0.25, 0.3) is 11.3 Å². The third-order valence-corrected chi connectivity index (χ3v) is 4.95. The van der Waals surface area contributed by atoms with Gasteiger partial charge in [-0.1, -0.05) is 19.3 Å². The molecule has 8 nitrogen and oxygen atoms in total. The summed E-state index contributed by atoms with van der Waals surface area (Å²) in [5.74, 6) is 0.500. The first kappa shape index (κ1) is 21.6. The van der Waals surface area contributed by atoms with Gasteiger partial charge in [-0.05, 0) is 31.0 Å². The van der Waals surface area contributed by atoms with Crippen LogP contribution in [0.5, 0.6) is 5.75 Å². The van der Waals surface area contributed by atoms with Crippen LogP contribution in [0.15, 0.2) is 35.7 Å². The van der Waals surface area contributed by atoms with Crippen LogP contribution >= 0.6 is 12.4 Å². The molecule has 1 aromatic carbocycles. The van der Waals surface area contributed by atoms with E-state index in [0.29, 0.717) is 23.2 Å². The fraction of sp³-hybridized carbons (Fsp3) is 0.421. The summed E-state index contributed by atoms with van der Waals surface area (Å²) in [6, 6.07) is 5.63. The van der Waals surface area contributed by atoms with E-state index < -0.39 is 0 Å². The predicted molar refractivity (Wildman–Crippen MR) is 112 cm³/mol. The van der Waals surface area contributed by atoms with Gasteiger partial charge in [0.1, 0.15) is 17.8 Å². The molecule has 1 amide bonds. The second-order valence-electron chi connectivity index (χ2n) is 6.77. The van der Waals surface area contributed by atoms with Crippen molar-refractivity contribution in [2.24, 2.45) is 16.5 Å². The van der Waals surface area contributed by atoms with Gasteiger partial charge in [-0.2, -0.15) is 0 Å². The number of methoxy groups -OCH3 is 1. The highest BCUT2D eigenvalue weighted by Gasteiger charge is 2.23. The van der Waals surface area contributed by atoms with Gasteiger partial charge in [0, 0.05) is 24.8 Å². The van der Waals surface area contributed by atoms with Gasteiger partial charge in [-0.3, -0.25) is 4.57 Å². The molecule has 0 spiro atoms. The van der Waals surface area contributed by atoms with Crippen molar-refractivity contribution in [2.75, 3.05) is 14.2 Å². The quantitative estimate of drug-likeness (QED) is 0.598. The van der Waals surface area contributed by atoms with Crippen LogP contribution in [0, 0.1) is 0 Å². The number of guanidine groups is 1. The minimum absolute atomic E-state index is 0. The summed E-state index contributed by atoms with van der Waals surface area (Å²) in [4.78, 5) is 23.1. The van der Waals surface area contributed by atoms with Gasteiger partial charge >= 0.3 is 6.03 Å². The number of nitrogens with two attached hydrogens (primary N) is 2. The highest BCUT2D eigenvalue weighted by Crippen LogP contribution is 2.32. The number of amides is 1. The summed E-state index contributed by atoms with van der Waals surface area (Å²) < 4.78 is 6.80. The lowest BCUT2D eigenvalue weighted by molar-refractivity contribution is 0.175. The van der Waals surface area contributed by atoms with Crippen LogP contribution in [0.2, 0.25) is 0 Å². The molecular formula is C19H27ClN6O2. The van der Waals surface area contributed by atoms with Crippen LogP contribution in [-0.4, -0.2) is 46.6 Å². The molecule has 0 saturated heterocycles. The summed E-state index contributed by atoms with van der Waals surface area (Å²) >= 11 is 0. The Morgan fingerprint density at radius 1 is 1.29 bits per heavy atom. The van der Waals surface area contributed by atoms with Crippen LogP contribution < -0.4 is 16.2 Å². The molecule has 0 bridgehead atoms. The molecule has 3 rings (SSSR count). The molecule has 0 aliphatic heterocycles. The second-order valence-corrected chi connectivity index (χ2v) is 6.77. The number of hydrogen-bond donors (Lipinski definition) is 2. The largest absolute Gasteiger partial charge is 0.494 e. The SMILES string of the molecule is COc1ccc(-c2cn(C(=O)N(C)C3CCCCC3)cn2)cc1N=C(N)N.Cl. The van der Waals surface area contributed by atoms with Crippen molar-refractivity contribution >= 4 is 30.1 Å². The number of ether oxygens (including phenoxy) is 1. The summed E-state index contributed by atoms with van der Waals surface area (Å²) in [6.07, 6.45) is 9.00. The third-order valence-electron chi connectivity index (χ3n) is 4.95. The zero-order valence-electron chi connectivity index (χ0n) is 16.2. The Morgan fingerprint density at radius 3 is 2.64 bits per heavy atom. The molecule has 4 N–H and O–H groups in total. The molecule has 1 saturated carbocycles. The zero-order chi connectivity index (χ0) is 19.4. The molecule has 2 aromatic rings. The first-order valence-electron chi connectivity index (χ1n) is 9.09. The first-order chi connectivity index (χ1) is 13.0. The summed E-state index contributed by atoms with van der Waals surface area (Å²) in [5.41, 5.74) is 12.9. The van der Waals surface area contributed by atoms with Crippen molar-refractivity contribution < 1.29 is 9.53 Å². The molecule has 28 heavy (non-hydrogen) atoms. The van der Waals surface area contributed by atoms with Gasteiger partial charge in [0.05, 0.1) is 12.8 Å². The number of halogens is 1. The maximum absolute atomic E-state index is 12.8. The predicted octanol–water partition coefficient (Wildman–Crippen LogP) is 3.12. The molecule has 1 aromatic heterocycles. The van der Waals surface area contributed by atoms with Crippen LogP contribution in [0.1, 0.15) is 32.1 Å². The zero-order valence-corrected chi connectivity index (χ0v) is 17.0. The van der Waals surface area contributed by atoms with Crippen molar-refractivity contribution in [1.82, 2.24) is 14.5 Å². The Labute approximate surface area is 171 Å². The monoisotopic (exact) mass is 406 g/mol. The molecule has 0 radical (unpaired) electrons. The number of aliphatic imine (C=N–C) groups is 1. The normalized spacial score (nSPS) is 14.1. The smallest absolute Gasteiger partial charge is 0.329 e. The minimum Gasteiger partial charge on any atom is -0.494 e. The average Bonchev–Trinajstić information content (AvgIpc) is 3.17. The Hall–Kier alpha value is -2.74. The highest BCUT2D eigenvalue weighted by molar-refractivity contribution is 5.85. The van der Waals surface area contributed by atoms with Crippen molar-refractivity contribution in [2.45, 2.75) is 38.1 Å². The van der Waals surface area contributed by atoms with E-state index in [-0.39, 0.29) is 24.4 Å². The van der Waals surface area contributed by atoms with E-state index in [2.05, 4.69) is 9.98 Å². The van der Waals surface area contributed by atoms with E-state index in [1.54, 1.807) is 31.8 Å². The number of hydrogen-bond acceptors (Lipinski definition) is 4. The lowest BCUT2D eigenvalue weighted by Gasteiger charge is -2.31. The molecule has 0 atom stereocenters. The van der Waals surface area contributed by atoms with Gasteiger partial charge in [0.15, 0.2) is 5.96 Å². The van der Waals surface area contributed by atoms with E-state index in [1.807, 2.05) is 18.0 Å². The van der Waals surface area contributed by atoms with Gasteiger partial charge in [-0.15, -0.1) is 12.4 Å². The summed E-state index contributed by atoms with van der Waals surface area (Å²) in [7, 11) is 3.41. The van der Waals surface area contributed by atoms with Crippen molar-refractivity contribution in [3.63, 3.8) is 0 Å². The van der Waals surface area contributed by atoms with E-state index in [9.17, 15) is 4.79 Å². The van der Waals surface area contributed by atoms with Gasteiger partial charge in [0.2, 0.25) is 0 Å². The second kappa shape index (κ2) is 9.45.